The summed E-state index contributed by atoms with van der Waals surface area (Å²) in [6.45, 7) is 4.62. The molecule has 1 heterocycles. The van der Waals surface area contributed by atoms with Gasteiger partial charge >= 0.3 is 12.0 Å². The van der Waals surface area contributed by atoms with E-state index >= 15 is 0 Å². The van der Waals surface area contributed by atoms with Crippen molar-refractivity contribution < 1.29 is 24.2 Å². The zero-order valence-corrected chi connectivity index (χ0v) is 12.7. The van der Waals surface area contributed by atoms with Crippen LogP contribution in [0, 0.1) is 5.41 Å². The summed E-state index contributed by atoms with van der Waals surface area (Å²) >= 11 is 0. The first-order valence-electron chi connectivity index (χ1n) is 7.51. The fraction of sp³-hybridized carbons (Fsp3) is 0.857. The molecule has 0 unspecified atom stereocenters. The monoisotopic (exact) mass is 302 g/mol. The quantitative estimate of drug-likeness (QED) is 0.552. The normalized spacial score (nSPS) is 17.2. The number of hydrogen-bond donors (Lipinski definition) is 3. The molecular formula is C14H26N2O5. The predicted molar refractivity (Wildman–Crippen MR) is 77.3 cm³/mol. The van der Waals surface area contributed by atoms with Gasteiger partial charge in [0, 0.05) is 32.9 Å². The van der Waals surface area contributed by atoms with Crippen LogP contribution in [0.15, 0.2) is 0 Å². The molecule has 1 fully saturated rings. The highest BCUT2D eigenvalue weighted by atomic mass is 16.5. The van der Waals surface area contributed by atoms with E-state index in [1.54, 1.807) is 0 Å². The molecule has 7 heteroatoms. The third-order valence-corrected chi connectivity index (χ3v) is 3.67. The molecule has 0 aromatic rings. The van der Waals surface area contributed by atoms with Gasteiger partial charge in [-0.25, -0.2) is 4.79 Å². The fourth-order valence-electron chi connectivity index (χ4n) is 2.13. The van der Waals surface area contributed by atoms with E-state index in [4.69, 9.17) is 9.47 Å². The maximum atomic E-state index is 11.6. The number of ether oxygens (including phenoxy) is 2. The number of amides is 2. The van der Waals surface area contributed by atoms with Gasteiger partial charge in [0.25, 0.3) is 0 Å². The number of carboxylic acids is 1. The van der Waals surface area contributed by atoms with Gasteiger partial charge in [0.05, 0.1) is 12.0 Å². The zero-order chi connectivity index (χ0) is 15.6. The lowest BCUT2D eigenvalue weighted by Crippen LogP contribution is -2.49. The third kappa shape index (κ3) is 6.31. The number of unbranched alkanes of at least 4 members (excludes halogenated alkanes) is 1. The second kappa shape index (κ2) is 9.57. The average molecular weight is 302 g/mol. The Balaban J connectivity index is 2.20. The smallest absolute Gasteiger partial charge is 0.314 e. The lowest BCUT2D eigenvalue weighted by molar-refractivity contribution is -0.154. The van der Waals surface area contributed by atoms with E-state index in [-0.39, 0.29) is 12.6 Å². The summed E-state index contributed by atoms with van der Waals surface area (Å²) in [6, 6.07) is -0.360. The minimum Gasteiger partial charge on any atom is -0.481 e. The molecule has 0 atom stereocenters. The number of urea groups is 1. The number of aliphatic carboxylic acids is 1. The van der Waals surface area contributed by atoms with E-state index in [1.165, 1.54) is 0 Å². The molecule has 0 aliphatic carbocycles. The summed E-state index contributed by atoms with van der Waals surface area (Å²) in [4.78, 5) is 23.0. The standard InChI is InChI=1S/C14H26N2O5/c1-2-3-7-20-10-6-15-13(19)16-11-14(12(17)18)4-8-21-9-5-14/h2-11H2,1H3,(H,17,18)(H2,15,16,19). The first kappa shape index (κ1) is 17.7. The number of nitrogens with one attached hydrogen (secondary N) is 2. The van der Waals surface area contributed by atoms with Crippen molar-refractivity contribution in [3.63, 3.8) is 0 Å². The molecule has 0 spiro atoms. The Kier molecular flexibility index (Phi) is 8.07. The summed E-state index contributed by atoms with van der Waals surface area (Å²) in [5.41, 5.74) is -0.910. The first-order chi connectivity index (χ1) is 10.1. The van der Waals surface area contributed by atoms with Gasteiger partial charge in [-0.3, -0.25) is 4.79 Å². The lowest BCUT2D eigenvalue weighted by atomic mass is 9.80. The van der Waals surface area contributed by atoms with Crippen LogP contribution in [0.25, 0.3) is 0 Å². The van der Waals surface area contributed by atoms with Crippen LogP contribution >= 0.6 is 0 Å². The van der Waals surface area contributed by atoms with Crippen LogP contribution in [-0.4, -0.2) is 56.6 Å². The highest BCUT2D eigenvalue weighted by molar-refractivity contribution is 5.78. The molecule has 0 saturated carbocycles. The minimum absolute atomic E-state index is 0.119. The van der Waals surface area contributed by atoms with E-state index < -0.39 is 11.4 Å². The fourth-order valence-corrected chi connectivity index (χ4v) is 2.13. The van der Waals surface area contributed by atoms with Crippen molar-refractivity contribution in [2.24, 2.45) is 5.41 Å². The predicted octanol–water partition coefficient (Wildman–Crippen LogP) is 0.984. The lowest BCUT2D eigenvalue weighted by Gasteiger charge is -2.33. The van der Waals surface area contributed by atoms with Crippen molar-refractivity contribution in [1.29, 1.82) is 0 Å². The summed E-state index contributed by atoms with van der Waals surface area (Å²) in [5, 5.41) is 14.6. The molecule has 1 aliphatic rings. The molecule has 1 saturated heterocycles. The molecule has 1 rings (SSSR count). The average Bonchev–Trinajstić information content (AvgIpc) is 2.49. The van der Waals surface area contributed by atoms with Crippen LogP contribution < -0.4 is 10.6 Å². The SMILES string of the molecule is CCCCOCCNC(=O)NCC1(C(=O)O)CCOCC1. The van der Waals surface area contributed by atoms with E-state index in [0.29, 0.717) is 45.8 Å². The van der Waals surface area contributed by atoms with Gasteiger partial charge in [-0.15, -0.1) is 0 Å². The van der Waals surface area contributed by atoms with Crippen LogP contribution in [0.4, 0.5) is 4.79 Å². The molecule has 122 valence electrons. The highest BCUT2D eigenvalue weighted by Crippen LogP contribution is 2.29. The Morgan fingerprint density at radius 2 is 1.95 bits per heavy atom. The number of carboxylic acid groups (broad SMARTS) is 1. The van der Waals surface area contributed by atoms with Crippen LogP contribution in [0.2, 0.25) is 0 Å². The van der Waals surface area contributed by atoms with Crippen molar-refractivity contribution in [3.8, 4) is 0 Å². The van der Waals surface area contributed by atoms with Crippen molar-refractivity contribution >= 4 is 12.0 Å². The van der Waals surface area contributed by atoms with Gasteiger partial charge in [0.2, 0.25) is 0 Å². The molecule has 0 aromatic carbocycles. The second-order valence-corrected chi connectivity index (χ2v) is 5.27. The van der Waals surface area contributed by atoms with Gasteiger partial charge in [-0.05, 0) is 19.3 Å². The maximum Gasteiger partial charge on any atom is 0.314 e. The minimum atomic E-state index is -0.910. The summed E-state index contributed by atoms with van der Waals surface area (Å²) < 4.78 is 10.5. The molecular weight excluding hydrogens is 276 g/mol. The van der Waals surface area contributed by atoms with E-state index in [1.807, 2.05) is 0 Å². The van der Waals surface area contributed by atoms with Crippen LogP contribution in [0.3, 0.4) is 0 Å². The van der Waals surface area contributed by atoms with Crippen molar-refractivity contribution in [2.75, 3.05) is 39.5 Å². The van der Waals surface area contributed by atoms with E-state index in [9.17, 15) is 14.7 Å². The van der Waals surface area contributed by atoms with Crippen LogP contribution in [0.5, 0.6) is 0 Å². The number of carbonyl (C=O) groups excluding carboxylic acids is 1. The zero-order valence-electron chi connectivity index (χ0n) is 12.7. The molecule has 0 bridgehead atoms. The molecule has 2 amide bonds. The molecule has 0 aromatic heterocycles. The number of carbonyl (C=O) groups is 2. The first-order valence-corrected chi connectivity index (χ1v) is 7.51. The molecule has 7 nitrogen and oxygen atoms in total. The van der Waals surface area contributed by atoms with Gasteiger partial charge in [-0.1, -0.05) is 13.3 Å². The van der Waals surface area contributed by atoms with E-state index in [2.05, 4.69) is 17.6 Å². The van der Waals surface area contributed by atoms with Crippen molar-refractivity contribution in [1.82, 2.24) is 10.6 Å². The number of rotatable bonds is 9. The third-order valence-electron chi connectivity index (χ3n) is 3.67. The van der Waals surface area contributed by atoms with Gasteiger partial charge in [0.15, 0.2) is 0 Å². The Morgan fingerprint density at radius 1 is 1.24 bits per heavy atom. The second-order valence-electron chi connectivity index (χ2n) is 5.27. The van der Waals surface area contributed by atoms with Gasteiger partial charge < -0.3 is 25.2 Å². The highest BCUT2D eigenvalue weighted by Gasteiger charge is 2.40. The molecule has 0 radical (unpaired) electrons. The Labute approximate surface area is 125 Å². The number of hydrogen-bond acceptors (Lipinski definition) is 4. The maximum absolute atomic E-state index is 11.6. The van der Waals surface area contributed by atoms with Crippen molar-refractivity contribution in [3.05, 3.63) is 0 Å². The Bertz CT molecular complexity index is 329. The van der Waals surface area contributed by atoms with Gasteiger partial charge in [-0.2, -0.15) is 0 Å². The summed E-state index contributed by atoms with van der Waals surface area (Å²) in [7, 11) is 0. The Hall–Kier alpha value is -1.34. The van der Waals surface area contributed by atoms with Crippen molar-refractivity contribution in [2.45, 2.75) is 32.6 Å². The van der Waals surface area contributed by atoms with Gasteiger partial charge in [0.1, 0.15) is 0 Å². The van der Waals surface area contributed by atoms with Crippen LogP contribution in [0.1, 0.15) is 32.6 Å². The molecule has 21 heavy (non-hydrogen) atoms. The Morgan fingerprint density at radius 3 is 2.57 bits per heavy atom. The van der Waals surface area contributed by atoms with Crippen LogP contribution in [-0.2, 0) is 14.3 Å². The summed E-state index contributed by atoms with van der Waals surface area (Å²) in [6.07, 6.45) is 2.93. The molecule has 1 aliphatic heterocycles. The summed E-state index contributed by atoms with van der Waals surface area (Å²) in [5.74, 6) is -0.881. The largest absolute Gasteiger partial charge is 0.481 e. The van der Waals surface area contributed by atoms with E-state index in [0.717, 1.165) is 12.8 Å². The topological polar surface area (TPSA) is 96.9 Å². The molecule has 3 N–H and O–H groups in total.